The first-order chi connectivity index (χ1) is 9.45. The van der Waals surface area contributed by atoms with Gasteiger partial charge in [0.25, 0.3) is 0 Å². The predicted octanol–water partition coefficient (Wildman–Crippen LogP) is 3.31. The van der Waals surface area contributed by atoms with Crippen molar-refractivity contribution in [3.8, 4) is 0 Å². The molecule has 0 aromatic heterocycles. The number of rotatable bonds is 4. The molecule has 3 nitrogen and oxygen atoms in total. The van der Waals surface area contributed by atoms with E-state index in [1.807, 2.05) is 18.2 Å². The number of hydrogen-bond acceptors (Lipinski definition) is 3. The van der Waals surface area contributed by atoms with Crippen LogP contribution in [0.15, 0.2) is 18.2 Å². The Morgan fingerprint density at radius 3 is 2.45 bits per heavy atom. The third kappa shape index (κ3) is 4.05. The molecular formula is C17H26O3. The van der Waals surface area contributed by atoms with Gasteiger partial charge in [-0.1, -0.05) is 18.2 Å². The fourth-order valence-electron chi connectivity index (χ4n) is 2.78. The number of aliphatic hydroxyl groups is 1. The Morgan fingerprint density at radius 1 is 1.20 bits per heavy atom. The first-order valence-corrected chi connectivity index (χ1v) is 7.48. The molecule has 3 atom stereocenters. The van der Waals surface area contributed by atoms with E-state index in [0.29, 0.717) is 6.61 Å². The predicted molar refractivity (Wildman–Crippen MR) is 79.9 cm³/mol. The van der Waals surface area contributed by atoms with Crippen molar-refractivity contribution in [3.63, 3.8) is 0 Å². The molecule has 3 heteroatoms. The summed E-state index contributed by atoms with van der Waals surface area (Å²) in [4.78, 5) is 0. The Labute approximate surface area is 121 Å². The van der Waals surface area contributed by atoms with Crippen LogP contribution >= 0.6 is 0 Å². The van der Waals surface area contributed by atoms with E-state index in [9.17, 15) is 5.11 Å². The lowest BCUT2D eigenvalue weighted by atomic mass is 10.0. The molecule has 1 saturated heterocycles. The van der Waals surface area contributed by atoms with Gasteiger partial charge in [-0.25, -0.2) is 0 Å². The monoisotopic (exact) mass is 278 g/mol. The molecule has 1 fully saturated rings. The third-order valence-corrected chi connectivity index (χ3v) is 4.06. The quantitative estimate of drug-likeness (QED) is 0.918. The van der Waals surface area contributed by atoms with E-state index < -0.39 is 6.10 Å². The molecule has 0 amide bonds. The summed E-state index contributed by atoms with van der Waals surface area (Å²) in [5, 5.41) is 10.2. The van der Waals surface area contributed by atoms with Gasteiger partial charge in [-0.15, -0.1) is 0 Å². The van der Waals surface area contributed by atoms with Gasteiger partial charge in [0.05, 0.1) is 24.9 Å². The van der Waals surface area contributed by atoms with E-state index in [0.717, 1.165) is 18.4 Å². The molecule has 1 heterocycles. The largest absolute Gasteiger partial charge is 0.386 e. The highest BCUT2D eigenvalue weighted by Gasteiger charge is 2.25. The molecule has 1 N–H and O–H groups in total. The molecule has 0 bridgehead atoms. The van der Waals surface area contributed by atoms with E-state index in [4.69, 9.17) is 9.47 Å². The van der Waals surface area contributed by atoms with Crippen molar-refractivity contribution in [2.75, 3.05) is 6.61 Å². The third-order valence-electron chi connectivity index (χ3n) is 4.06. The van der Waals surface area contributed by atoms with Gasteiger partial charge in [-0.2, -0.15) is 0 Å². The molecule has 0 spiro atoms. The number of hydrogen-bond donors (Lipinski definition) is 1. The summed E-state index contributed by atoms with van der Waals surface area (Å²) in [6.07, 6.45) is 1.93. The number of aliphatic hydroxyl groups excluding tert-OH is 1. The summed E-state index contributed by atoms with van der Waals surface area (Å²) in [5.41, 5.74) is 3.38. The van der Waals surface area contributed by atoms with Crippen molar-refractivity contribution < 1.29 is 14.6 Å². The SMILES string of the molecule is Cc1ccc(C(O)COC2CC(C)OC(C)C2)cc1C. The summed E-state index contributed by atoms with van der Waals surface area (Å²) in [6, 6.07) is 6.07. The number of ether oxygens (including phenoxy) is 2. The second kappa shape index (κ2) is 6.70. The summed E-state index contributed by atoms with van der Waals surface area (Å²) < 4.78 is 11.6. The minimum atomic E-state index is -0.553. The minimum absolute atomic E-state index is 0.190. The molecule has 20 heavy (non-hydrogen) atoms. The number of aryl methyl sites for hydroxylation is 2. The minimum Gasteiger partial charge on any atom is -0.386 e. The van der Waals surface area contributed by atoms with Gasteiger partial charge in [0, 0.05) is 0 Å². The standard InChI is InChI=1S/C17H26O3/c1-11-5-6-15(7-12(11)2)17(18)10-19-16-8-13(3)20-14(4)9-16/h5-7,13-14,16-18H,8-10H2,1-4H3. The Kier molecular flexibility index (Phi) is 5.19. The Hall–Kier alpha value is -0.900. The van der Waals surface area contributed by atoms with Gasteiger partial charge >= 0.3 is 0 Å². The highest BCUT2D eigenvalue weighted by molar-refractivity contribution is 5.31. The Bertz CT molecular complexity index is 434. The second-order valence-corrected chi connectivity index (χ2v) is 6.04. The van der Waals surface area contributed by atoms with Crippen molar-refractivity contribution in [1.82, 2.24) is 0 Å². The zero-order valence-corrected chi connectivity index (χ0v) is 12.9. The lowest BCUT2D eigenvalue weighted by molar-refractivity contribution is -0.113. The summed E-state index contributed by atoms with van der Waals surface area (Å²) in [7, 11) is 0. The van der Waals surface area contributed by atoms with Crippen LogP contribution in [0.1, 0.15) is 49.5 Å². The molecule has 3 unspecified atom stereocenters. The Balaban J connectivity index is 1.88. The fourth-order valence-corrected chi connectivity index (χ4v) is 2.78. The van der Waals surface area contributed by atoms with Gasteiger partial charge in [0.2, 0.25) is 0 Å². The van der Waals surface area contributed by atoms with Crippen molar-refractivity contribution >= 4 is 0 Å². The van der Waals surface area contributed by atoms with Crippen molar-refractivity contribution in [3.05, 3.63) is 34.9 Å². The highest BCUT2D eigenvalue weighted by Crippen LogP contribution is 2.24. The van der Waals surface area contributed by atoms with Crippen LogP contribution in [0.3, 0.4) is 0 Å². The van der Waals surface area contributed by atoms with E-state index in [1.54, 1.807) is 0 Å². The van der Waals surface area contributed by atoms with Crippen LogP contribution in [0, 0.1) is 13.8 Å². The van der Waals surface area contributed by atoms with Gasteiger partial charge in [-0.05, 0) is 57.2 Å². The van der Waals surface area contributed by atoms with E-state index in [2.05, 4.69) is 27.7 Å². The highest BCUT2D eigenvalue weighted by atomic mass is 16.5. The molecule has 1 aliphatic heterocycles. The molecule has 0 aliphatic carbocycles. The molecule has 1 aromatic rings. The maximum absolute atomic E-state index is 10.2. The smallest absolute Gasteiger partial charge is 0.102 e. The molecule has 1 aromatic carbocycles. The summed E-state index contributed by atoms with van der Waals surface area (Å²) in [6.45, 7) is 8.64. The maximum atomic E-state index is 10.2. The van der Waals surface area contributed by atoms with Crippen LogP contribution in [-0.2, 0) is 9.47 Å². The molecule has 2 rings (SSSR count). The van der Waals surface area contributed by atoms with Crippen LogP contribution in [-0.4, -0.2) is 30.0 Å². The van der Waals surface area contributed by atoms with Gasteiger partial charge in [-0.3, -0.25) is 0 Å². The van der Waals surface area contributed by atoms with Gasteiger partial charge in [0.15, 0.2) is 0 Å². The second-order valence-electron chi connectivity index (χ2n) is 6.04. The van der Waals surface area contributed by atoms with E-state index in [-0.39, 0.29) is 18.3 Å². The van der Waals surface area contributed by atoms with Crippen LogP contribution < -0.4 is 0 Å². The zero-order valence-electron chi connectivity index (χ0n) is 12.9. The van der Waals surface area contributed by atoms with Crippen molar-refractivity contribution in [1.29, 1.82) is 0 Å². The first-order valence-electron chi connectivity index (χ1n) is 7.48. The first kappa shape index (κ1) is 15.5. The molecule has 1 aliphatic rings. The normalized spacial score (nSPS) is 28.4. The summed E-state index contributed by atoms with van der Waals surface area (Å²) in [5.74, 6) is 0. The topological polar surface area (TPSA) is 38.7 Å². The molecule has 0 saturated carbocycles. The maximum Gasteiger partial charge on any atom is 0.102 e. The average molecular weight is 278 g/mol. The van der Waals surface area contributed by atoms with E-state index in [1.165, 1.54) is 11.1 Å². The van der Waals surface area contributed by atoms with Gasteiger partial charge < -0.3 is 14.6 Å². The average Bonchev–Trinajstić information content (AvgIpc) is 2.38. The van der Waals surface area contributed by atoms with Gasteiger partial charge in [0.1, 0.15) is 6.10 Å². The Morgan fingerprint density at radius 2 is 1.85 bits per heavy atom. The lowest BCUT2D eigenvalue weighted by Gasteiger charge is -2.32. The van der Waals surface area contributed by atoms with Crippen molar-refractivity contribution in [2.45, 2.75) is 65.0 Å². The fraction of sp³-hybridized carbons (Fsp3) is 0.647. The van der Waals surface area contributed by atoms with Crippen LogP contribution in [0.2, 0.25) is 0 Å². The zero-order chi connectivity index (χ0) is 14.7. The molecule has 0 radical (unpaired) electrons. The molecular weight excluding hydrogens is 252 g/mol. The number of benzene rings is 1. The summed E-state index contributed by atoms with van der Waals surface area (Å²) >= 11 is 0. The van der Waals surface area contributed by atoms with Crippen LogP contribution in [0.4, 0.5) is 0 Å². The van der Waals surface area contributed by atoms with Crippen LogP contribution in [0.5, 0.6) is 0 Å². The lowest BCUT2D eigenvalue weighted by Crippen LogP contribution is -2.34. The van der Waals surface area contributed by atoms with Crippen molar-refractivity contribution in [2.24, 2.45) is 0 Å². The van der Waals surface area contributed by atoms with Crippen LogP contribution in [0.25, 0.3) is 0 Å². The van der Waals surface area contributed by atoms with E-state index >= 15 is 0 Å². The molecule has 112 valence electrons.